The van der Waals surface area contributed by atoms with Crippen LogP contribution in [-0.2, 0) is 13.0 Å². The van der Waals surface area contributed by atoms with Crippen molar-refractivity contribution in [3.63, 3.8) is 0 Å². The molecule has 2 aromatic rings. The molecule has 0 aliphatic carbocycles. The number of rotatable bonds is 5. The Morgan fingerprint density at radius 2 is 2.16 bits per heavy atom. The number of halogens is 2. The molecule has 1 aromatic heterocycles. The van der Waals surface area contributed by atoms with Gasteiger partial charge in [0.2, 0.25) is 0 Å². The molecular formula is C15H17BrClNS. The van der Waals surface area contributed by atoms with E-state index in [0.717, 1.165) is 22.5 Å². The van der Waals surface area contributed by atoms with Crippen molar-refractivity contribution < 1.29 is 0 Å². The summed E-state index contributed by atoms with van der Waals surface area (Å²) in [7, 11) is 2.15. The second-order valence-electron chi connectivity index (χ2n) is 4.78. The average Bonchev–Trinajstić information content (AvgIpc) is 2.85. The van der Waals surface area contributed by atoms with Crippen LogP contribution in [0.4, 0.5) is 0 Å². The third-order valence-electron chi connectivity index (χ3n) is 3.26. The van der Waals surface area contributed by atoms with E-state index in [1.807, 2.05) is 23.5 Å². The molecule has 0 aliphatic heterocycles. The van der Waals surface area contributed by atoms with Crippen LogP contribution >= 0.6 is 38.9 Å². The first-order valence-electron chi connectivity index (χ1n) is 6.23. The minimum absolute atomic E-state index is 0.498. The molecule has 1 aromatic carbocycles. The lowest BCUT2D eigenvalue weighted by molar-refractivity contribution is 0.249. The van der Waals surface area contributed by atoms with Crippen LogP contribution in [0.3, 0.4) is 0 Å². The Labute approximate surface area is 132 Å². The van der Waals surface area contributed by atoms with Gasteiger partial charge in [-0.15, -0.1) is 11.3 Å². The second-order valence-corrected chi connectivity index (χ2v) is 7.14. The number of benzene rings is 1. The van der Waals surface area contributed by atoms with E-state index >= 15 is 0 Å². The Bertz CT molecular complexity index is 527. The van der Waals surface area contributed by atoms with Crippen LogP contribution in [0.2, 0.25) is 5.02 Å². The molecule has 0 radical (unpaired) electrons. The highest BCUT2D eigenvalue weighted by atomic mass is 79.9. The SMILES string of the molecule is CC(Cc1cccs1)N(C)Cc1ccc(Br)cc1Cl. The molecule has 0 amide bonds. The summed E-state index contributed by atoms with van der Waals surface area (Å²) in [6.45, 7) is 3.13. The highest BCUT2D eigenvalue weighted by Gasteiger charge is 2.12. The van der Waals surface area contributed by atoms with Crippen molar-refractivity contribution in [2.45, 2.75) is 25.9 Å². The zero-order chi connectivity index (χ0) is 13.8. The molecule has 1 nitrogen and oxygen atoms in total. The summed E-state index contributed by atoms with van der Waals surface area (Å²) < 4.78 is 1.02. The van der Waals surface area contributed by atoms with Gasteiger partial charge in [0, 0.05) is 27.0 Å². The van der Waals surface area contributed by atoms with Crippen LogP contribution in [0.5, 0.6) is 0 Å². The van der Waals surface area contributed by atoms with Crippen LogP contribution in [0.1, 0.15) is 17.4 Å². The summed E-state index contributed by atoms with van der Waals surface area (Å²) >= 11 is 11.5. The smallest absolute Gasteiger partial charge is 0.0462 e. The molecule has 0 N–H and O–H groups in total. The second kappa shape index (κ2) is 6.89. The summed E-state index contributed by atoms with van der Waals surface area (Å²) in [6, 6.07) is 10.9. The van der Waals surface area contributed by atoms with E-state index in [9.17, 15) is 0 Å². The van der Waals surface area contributed by atoms with Gasteiger partial charge >= 0.3 is 0 Å². The molecule has 0 spiro atoms. The lowest BCUT2D eigenvalue weighted by Gasteiger charge is -2.24. The van der Waals surface area contributed by atoms with E-state index in [0.29, 0.717) is 6.04 Å². The van der Waals surface area contributed by atoms with Gasteiger partial charge in [0.15, 0.2) is 0 Å². The Kier molecular flexibility index (Phi) is 5.46. The Hall–Kier alpha value is -0.350. The van der Waals surface area contributed by atoms with E-state index in [1.54, 1.807) is 0 Å². The number of hydrogen-bond acceptors (Lipinski definition) is 2. The number of likely N-dealkylation sites (N-methyl/N-ethyl adjacent to an activating group) is 1. The fraction of sp³-hybridized carbons (Fsp3) is 0.333. The molecule has 19 heavy (non-hydrogen) atoms. The van der Waals surface area contributed by atoms with Gasteiger partial charge in [-0.25, -0.2) is 0 Å². The highest BCUT2D eigenvalue weighted by molar-refractivity contribution is 9.10. The fourth-order valence-electron chi connectivity index (χ4n) is 1.95. The van der Waals surface area contributed by atoms with Crippen LogP contribution in [0, 0.1) is 0 Å². The molecule has 0 aliphatic rings. The zero-order valence-corrected chi connectivity index (χ0v) is 14.2. The monoisotopic (exact) mass is 357 g/mol. The highest BCUT2D eigenvalue weighted by Crippen LogP contribution is 2.23. The van der Waals surface area contributed by atoms with Crippen molar-refractivity contribution in [1.29, 1.82) is 0 Å². The quantitative estimate of drug-likeness (QED) is 0.707. The molecule has 4 heteroatoms. The number of hydrogen-bond donors (Lipinski definition) is 0. The summed E-state index contributed by atoms with van der Waals surface area (Å²) in [6.07, 6.45) is 1.09. The van der Waals surface area contributed by atoms with Gasteiger partial charge in [0.25, 0.3) is 0 Å². The van der Waals surface area contributed by atoms with Crippen molar-refractivity contribution in [2.24, 2.45) is 0 Å². The van der Waals surface area contributed by atoms with E-state index in [1.165, 1.54) is 10.4 Å². The van der Waals surface area contributed by atoms with E-state index in [2.05, 4.69) is 58.4 Å². The molecule has 0 saturated heterocycles. The van der Waals surface area contributed by atoms with Crippen molar-refractivity contribution in [2.75, 3.05) is 7.05 Å². The summed E-state index contributed by atoms with van der Waals surface area (Å²) in [5.41, 5.74) is 1.17. The zero-order valence-electron chi connectivity index (χ0n) is 11.1. The van der Waals surface area contributed by atoms with E-state index in [4.69, 9.17) is 11.6 Å². The van der Waals surface area contributed by atoms with Crippen LogP contribution in [0.15, 0.2) is 40.2 Å². The Balaban J connectivity index is 1.98. The topological polar surface area (TPSA) is 3.24 Å². The maximum absolute atomic E-state index is 6.27. The van der Waals surface area contributed by atoms with E-state index in [-0.39, 0.29) is 0 Å². The molecular weight excluding hydrogens is 342 g/mol. The predicted octanol–water partition coefficient (Wildman–Crippen LogP) is 5.23. The summed E-state index contributed by atoms with van der Waals surface area (Å²) in [5, 5.41) is 2.96. The molecule has 1 heterocycles. The first-order valence-corrected chi connectivity index (χ1v) is 8.28. The van der Waals surface area contributed by atoms with E-state index < -0.39 is 0 Å². The maximum Gasteiger partial charge on any atom is 0.0462 e. The van der Waals surface area contributed by atoms with Crippen molar-refractivity contribution >= 4 is 38.9 Å². The third kappa shape index (κ3) is 4.32. The van der Waals surface area contributed by atoms with Crippen molar-refractivity contribution in [3.8, 4) is 0 Å². The molecule has 1 unspecified atom stereocenters. The molecule has 1 atom stereocenters. The number of nitrogens with zero attached hydrogens (tertiary/aromatic N) is 1. The molecule has 2 rings (SSSR count). The lowest BCUT2D eigenvalue weighted by atomic mass is 10.1. The van der Waals surface area contributed by atoms with Gasteiger partial charge in [0.1, 0.15) is 0 Å². The predicted molar refractivity (Wildman–Crippen MR) is 88.1 cm³/mol. The van der Waals surface area contributed by atoms with Gasteiger partial charge in [0.05, 0.1) is 0 Å². The fourth-order valence-corrected chi connectivity index (χ4v) is 3.51. The van der Waals surface area contributed by atoms with Crippen molar-refractivity contribution in [1.82, 2.24) is 4.90 Å². The van der Waals surface area contributed by atoms with Crippen LogP contribution < -0.4 is 0 Å². The Morgan fingerprint density at radius 1 is 1.37 bits per heavy atom. The standard InChI is InChI=1S/C15H17BrClNS/c1-11(8-14-4-3-7-19-14)18(2)10-12-5-6-13(16)9-15(12)17/h3-7,9,11H,8,10H2,1-2H3. The summed E-state index contributed by atoms with van der Waals surface area (Å²) in [5.74, 6) is 0. The number of thiophene rings is 1. The molecule has 0 fully saturated rings. The first kappa shape index (κ1) is 15.0. The third-order valence-corrected chi connectivity index (χ3v) is 5.01. The minimum Gasteiger partial charge on any atom is -0.299 e. The molecule has 0 bridgehead atoms. The minimum atomic E-state index is 0.498. The Morgan fingerprint density at radius 3 is 2.79 bits per heavy atom. The van der Waals surface area contributed by atoms with Gasteiger partial charge in [-0.05, 0) is 49.5 Å². The summed E-state index contributed by atoms with van der Waals surface area (Å²) in [4.78, 5) is 3.77. The average molecular weight is 359 g/mol. The van der Waals surface area contributed by atoms with Crippen LogP contribution in [0.25, 0.3) is 0 Å². The van der Waals surface area contributed by atoms with Crippen LogP contribution in [-0.4, -0.2) is 18.0 Å². The van der Waals surface area contributed by atoms with Gasteiger partial charge in [-0.1, -0.05) is 39.7 Å². The first-order chi connectivity index (χ1) is 9.06. The molecule has 102 valence electrons. The maximum atomic E-state index is 6.27. The van der Waals surface area contributed by atoms with Gasteiger partial charge in [-0.2, -0.15) is 0 Å². The van der Waals surface area contributed by atoms with Crippen molar-refractivity contribution in [3.05, 3.63) is 55.6 Å². The lowest BCUT2D eigenvalue weighted by Crippen LogP contribution is -2.30. The van der Waals surface area contributed by atoms with Gasteiger partial charge < -0.3 is 0 Å². The normalized spacial score (nSPS) is 12.9. The largest absolute Gasteiger partial charge is 0.299 e. The molecule has 0 saturated carbocycles. The van der Waals surface area contributed by atoms with Gasteiger partial charge in [-0.3, -0.25) is 4.90 Å².